The van der Waals surface area contributed by atoms with E-state index in [0.29, 0.717) is 32.9 Å². The van der Waals surface area contributed by atoms with E-state index in [1.165, 1.54) is 9.13 Å². The maximum atomic E-state index is 16.5. The van der Waals surface area contributed by atoms with Gasteiger partial charge in [0.1, 0.15) is 5.56 Å². The van der Waals surface area contributed by atoms with Gasteiger partial charge in [-0.05, 0) is 101 Å². The summed E-state index contributed by atoms with van der Waals surface area (Å²) in [5.41, 5.74) is 2.75. The van der Waals surface area contributed by atoms with Gasteiger partial charge in [-0.25, -0.2) is 22.0 Å². The minimum absolute atomic E-state index is 0.275. The Bertz CT molecular complexity index is 3850. The van der Waals surface area contributed by atoms with Crippen LogP contribution in [-0.2, 0) is 6.18 Å². The van der Waals surface area contributed by atoms with Gasteiger partial charge in [0.2, 0.25) is 5.82 Å². The molecule has 0 spiro atoms. The summed E-state index contributed by atoms with van der Waals surface area (Å²) >= 11 is 0. The van der Waals surface area contributed by atoms with Gasteiger partial charge < -0.3 is 9.13 Å². The number of alkyl halides is 3. The fourth-order valence-electron chi connectivity index (χ4n) is 9.84. The molecule has 0 N–H and O–H groups in total. The molecule has 4 nitrogen and oxygen atoms in total. The van der Waals surface area contributed by atoms with E-state index in [-0.39, 0.29) is 22.1 Å². The molecule has 0 saturated carbocycles. The first-order valence-corrected chi connectivity index (χ1v) is 22.3. The van der Waals surface area contributed by atoms with Crippen LogP contribution in [0.1, 0.15) is 5.56 Å². The highest BCUT2D eigenvalue weighted by Crippen LogP contribution is 2.48. The summed E-state index contributed by atoms with van der Waals surface area (Å²) in [5, 5.41) is 2.13. The van der Waals surface area contributed by atoms with Gasteiger partial charge >= 0.3 is 6.18 Å². The Morgan fingerprint density at radius 2 is 0.704 bits per heavy atom. The standard InChI is InChI=1S/C59H32F8N4/c60-54-52(55(61)57(63)58(64)56(54)62)39-31-50(70-46-17-9-7-15-40(46)42-27-35(19-21-48(42)70)37-23-25-68-44(29-37)33-11-3-1-4-12-33)53(59(65,66)67)51(32-39)71-47-18-10-8-16-41(47)43-28-36(20-22-49(43)71)38-24-26-69-45(30-38)34-13-5-2-6-14-34/h1-32H. The second-order valence-electron chi connectivity index (χ2n) is 17.1. The van der Waals surface area contributed by atoms with E-state index < -0.39 is 63.3 Å². The van der Waals surface area contributed by atoms with E-state index in [0.717, 1.165) is 45.5 Å². The Hall–Kier alpha value is -8.90. The normalized spacial score (nSPS) is 11.9. The Morgan fingerprint density at radius 3 is 1.14 bits per heavy atom. The second kappa shape index (κ2) is 16.7. The number of hydrogen-bond donors (Lipinski definition) is 0. The number of halogens is 8. The van der Waals surface area contributed by atoms with Gasteiger partial charge in [-0.15, -0.1) is 0 Å². The van der Waals surface area contributed by atoms with Crippen LogP contribution in [0, 0.1) is 29.1 Å². The summed E-state index contributed by atoms with van der Waals surface area (Å²) in [6.45, 7) is 0. The minimum Gasteiger partial charge on any atom is -0.309 e. The molecule has 0 fully saturated rings. The summed E-state index contributed by atoms with van der Waals surface area (Å²) in [7, 11) is 0. The lowest BCUT2D eigenvalue weighted by molar-refractivity contribution is -0.137. The molecule has 0 aliphatic carbocycles. The number of aromatic nitrogens is 4. The summed E-state index contributed by atoms with van der Waals surface area (Å²) < 4.78 is 130. The predicted octanol–water partition coefficient (Wildman–Crippen LogP) is 16.7. The summed E-state index contributed by atoms with van der Waals surface area (Å²) in [4.78, 5) is 9.10. The lowest BCUT2D eigenvalue weighted by Gasteiger charge is -2.23. The molecule has 0 aliphatic heterocycles. The number of para-hydroxylation sites is 2. The molecule has 0 amide bonds. The summed E-state index contributed by atoms with van der Waals surface area (Å²) in [5.74, 6) is -11.3. The van der Waals surface area contributed by atoms with Crippen molar-refractivity contribution in [3.8, 4) is 67.3 Å². The Kier molecular flexibility index (Phi) is 10.2. The molecular weight excluding hydrogens is 917 g/mol. The summed E-state index contributed by atoms with van der Waals surface area (Å²) in [6, 6.07) is 52.2. The van der Waals surface area contributed by atoms with Crippen LogP contribution in [0.5, 0.6) is 0 Å². The second-order valence-corrected chi connectivity index (χ2v) is 17.1. The van der Waals surface area contributed by atoms with E-state index in [2.05, 4.69) is 9.97 Å². The predicted molar refractivity (Wildman–Crippen MR) is 263 cm³/mol. The van der Waals surface area contributed by atoms with E-state index >= 15 is 30.7 Å². The number of benzene rings is 8. The molecule has 71 heavy (non-hydrogen) atoms. The van der Waals surface area contributed by atoms with Crippen LogP contribution in [0.3, 0.4) is 0 Å². The number of nitrogens with zero attached hydrogens (tertiary/aromatic N) is 4. The molecular formula is C59H32F8N4. The van der Waals surface area contributed by atoms with Gasteiger partial charge in [0.05, 0.1) is 50.4 Å². The van der Waals surface area contributed by atoms with Crippen LogP contribution in [0.25, 0.3) is 111 Å². The maximum absolute atomic E-state index is 16.5. The minimum atomic E-state index is -5.19. The molecule has 12 rings (SSSR count). The molecule has 0 atom stereocenters. The highest BCUT2D eigenvalue weighted by Gasteiger charge is 2.40. The zero-order valence-corrected chi connectivity index (χ0v) is 36.8. The molecule has 0 saturated heterocycles. The van der Waals surface area contributed by atoms with Crippen LogP contribution in [0.15, 0.2) is 194 Å². The molecule has 12 aromatic rings. The van der Waals surface area contributed by atoms with Crippen LogP contribution >= 0.6 is 0 Å². The fourth-order valence-corrected chi connectivity index (χ4v) is 9.84. The Labute approximate surface area is 399 Å². The molecule has 344 valence electrons. The number of pyridine rings is 2. The molecule has 8 aromatic carbocycles. The topological polar surface area (TPSA) is 35.6 Å². The average molecular weight is 949 g/mol. The van der Waals surface area contributed by atoms with Gasteiger partial charge in [-0.1, -0.05) is 109 Å². The van der Waals surface area contributed by atoms with Crippen LogP contribution < -0.4 is 0 Å². The Morgan fingerprint density at radius 1 is 0.324 bits per heavy atom. The molecule has 0 aliphatic rings. The zero-order chi connectivity index (χ0) is 48.7. The Balaban J connectivity index is 1.15. The third-order valence-electron chi connectivity index (χ3n) is 13.0. The SMILES string of the molecule is Fc1c(F)c(F)c(-c2cc(-n3c4ccccc4c4cc(-c5ccnc(-c6ccccc6)c5)ccc43)c(C(F)(F)F)c(-n3c4ccccc4c4cc(-c5ccnc(-c6ccccc6)c5)ccc43)c2)c(F)c1F. The molecule has 4 heterocycles. The first-order chi connectivity index (χ1) is 34.4. The smallest absolute Gasteiger partial charge is 0.309 e. The molecule has 0 unspecified atom stereocenters. The van der Waals surface area contributed by atoms with Crippen molar-refractivity contribution in [1.82, 2.24) is 19.1 Å². The zero-order valence-electron chi connectivity index (χ0n) is 36.8. The van der Waals surface area contributed by atoms with Crippen molar-refractivity contribution in [1.29, 1.82) is 0 Å². The maximum Gasteiger partial charge on any atom is 0.420 e. The van der Waals surface area contributed by atoms with E-state index in [4.69, 9.17) is 0 Å². The van der Waals surface area contributed by atoms with E-state index in [9.17, 15) is 4.39 Å². The van der Waals surface area contributed by atoms with Crippen molar-refractivity contribution in [2.24, 2.45) is 0 Å². The third kappa shape index (κ3) is 7.12. The van der Waals surface area contributed by atoms with Crippen molar-refractivity contribution in [3.63, 3.8) is 0 Å². The van der Waals surface area contributed by atoms with Crippen molar-refractivity contribution in [3.05, 3.63) is 229 Å². The monoisotopic (exact) mass is 948 g/mol. The van der Waals surface area contributed by atoms with Gasteiger partial charge in [-0.3, -0.25) is 9.97 Å². The number of rotatable bonds is 7. The highest BCUT2D eigenvalue weighted by molar-refractivity contribution is 6.12. The summed E-state index contributed by atoms with van der Waals surface area (Å²) in [6.07, 6.45) is -1.85. The van der Waals surface area contributed by atoms with Crippen LogP contribution in [0.4, 0.5) is 35.1 Å². The van der Waals surface area contributed by atoms with Gasteiger partial charge in [0.15, 0.2) is 23.3 Å². The molecule has 0 radical (unpaired) electrons. The molecule has 4 aromatic heterocycles. The first kappa shape index (κ1) is 43.4. The van der Waals surface area contributed by atoms with Crippen molar-refractivity contribution in [2.45, 2.75) is 6.18 Å². The highest BCUT2D eigenvalue weighted by atomic mass is 19.4. The van der Waals surface area contributed by atoms with Crippen molar-refractivity contribution < 1.29 is 35.1 Å². The first-order valence-electron chi connectivity index (χ1n) is 22.3. The quantitative estimate of drug-likeness (QED) is 0.0907. The van der Waals surface area contributed by atoms with Crippen LogP contribution in [-0.4, -0.2) is 19.1 Å². The largest absolute Gasteiger partial charge is 0.420 e. The van der Waals surface area contributed by atoms with Gasteiger partial charge in [0, 0.05) is 45.1 Å². The number of fused-ring (bicyclic) bond motifs is 6. The average Bonchev–Trinajstić information content (AvgIpc) is 3.92. The van der Waals surface area contributed by atoms with Gasteiger partial charge in [-0.2, -0.15) is 13.2 Å². The third-order valence-corrected chi connectivity index (χ3v) is 13.0. The van der Waals surface area contributed by atoms with E-state index in [1.54, 1.807) is 85.2 Å². The fraction of sp³-hybridized carbons (Fsp3) is 0.0169. The van der Waals surface area contributed by atoms with E-state index in [1.807, 2.05) is 97.1 Å². The van der Waals surface area contributed by atoms with Crippen LogP contribution in [0.2, 0.25) is 0 Å². The lowest BCUT2D eigenvalue weighted by Crippen LogP contribution is -2.16. The van der Waals surface area contributed by atoms with Crippen molar-refractivity contribution in [2.75, 3.05) is 0 Å². The van der Waals surface area contributed by atoms with Gasteiger partial charge in [0.25, 0.3) is 0 Å². The lowest BCUT2D eigenvalue weighted by atomic mass is 9.97. The molecule has 12 heteroatoms. The molecule has 0 bridgehead atoms. The van der Waals surface area contributed by atoms with Crippen molar-refractivity contribution >= 4 is 43.6 Å². The number of hydrogen-bond acceptors (Lipinski definition) is 2.